The summed E-state index contributed by atoms with van der Waals surface area (Å²) in [7, 11) is 0. The monoisotopic (exact) mass is 826 g/mol. The molecule has 0 fully saturated rings. The van der Waals surface area contributed by atoms with Gasteiger partial charge in [-0.25, -0.2) is 9.97 Å². The van der Waals surface area contributed by atoms with Crippen LogP contribution < -0.4 is 0 Å². The van der Waals surface area contributed by atoms with Gasteiger partial charge < -0.3 is 0 Å². The van der Waals surface area contributed by atoms with Gasteiger partial charge in [-0.15, -0.1) is 0 Å². The molecule has 65 heavy (non-hydrogen) atoms. The predicted octanol–water partition coefficient (Wildman–Crippen LogP) is 16.0. The molecule has 2 nitrogen and oxygen atoms in total. The van der Waals surface area contributed by atoms with Crippen molar-refractivity contribution in [1.29, 1.82) is 0 Å². The lowest BCUT2D eigenvalue weighted by Crippen LogP contribution is -2.28. The van der Waals surface area contributed by atoms with Crippen molar-refractivity contribution in [3.8, 4) is 78.4 Å². The molecule has 1 heterocycles. The largest absolute Gasteiger partial charge is 0.228 e. The maximum absolute atomic E-state index is 5.07. The molecule has 10 aromatic carbocycles. The zero-order chi connectivity index (χ0) is 43.2. The molecule has 0 radical (unpaired) electrons. The maximum Gasteiger partial charge on any atom is 0.160 e. The molecule has 0 aliphatic heterocycles. The summed E-state index contributed by atoms with van der Waals surface area (Å²) in [6.07, 6.45) is 0. The average molecular weight is 827 g/mol. The Balaban J connectivity index is 0.993. The van der Waals surface area contributed by atoms with Crippen molar-refractivity contribution in [3.05, 3.63) is 277 Å². The summed E-state index contributed by atoms with van der Waals surface area (Å²) in [5, 5.41) is 2.47. The van der Waals surface area contributed by atoms with Crippen LogP contribution in [0.5, 0.6) is 0 Å². The van der Waals surface area contributed by atoms with Gasteiger partial charge in [0, 0.05) is 16.7 Å². The summed E-state index contributed by atoms with van der Waals surface area (Å²) in [6.45, 7) is 0. The van der Waals surface area contributed by atoms with Crippen molar-refractivity contribution in [2.45, 2.75) is 5.41 Å². The summed E-state index contributed by atoms with van der Waals surface area (Å²) in [4.78, 5) is 10.1. The van der Waals surface area contributed by atoms with Crippen LogP contribution in [0.2, 0.25) is 0 Å². The number of aromatic nitrogens is 2. The number of rotatable bonds is 8. The van der Waals surface area contributed by atoms with E-state index in [0.29, 0.717) is 5.82 Å². The molecule has 11 aromatic rings. The maximum atomic E-state index is 5.07. The second-order valence-corrected chi connectivity index (χ2v) is 16.8. The van der Waals surface area contributed by atoms with Gasteiger partial charge in [0.2, 0.25) is 0 Å². The van der Waals surface area contributed by atoms with E-state index in [1.165, 1.54) is 66.4 Å². The van der Waals surface area contributed by atoms with E-state index in [-0.39, 0.29) is 0 Å². The summed E-state index contributed by atoms with van der Waals surface area (Å²) >= 11 is 0. The van der Waals surface area contributed by atoms with Crippen molar-refractivity contribution in [1.82, 2.24) is 9.97 Å². The Morgan fingerprint density at radius 2 is 0.738 bits per heavy atom. The summed E-state index contributed by atoms with van der Waals surface area (Å²) in [5.74, 6) is 0.713. The molecular formula is C63H42N2. The van der Waals surface area contributed by atoms with Crippen molar-refractivity contribution >= 4 is 10.8 Å². The second-order valence-electron chi connectivity index (χ2n) is 16.8. The molecule has 304 valence electrons. The summed E-state index contributed by atoms with van der Waals surface area (Å²) in [6, 6.07) is 92.2. The zero-order valence-corrected chi connectivity index (χ0v) is 35.6. The van der Waals surface area contributed by atoms with Crippen LogP contribution in [0.15, 0.2) is 255 Å². The fraction of sp³-hybridized carbons (Fsp3) is 0.0159. The standard InChI is InChI=1S/C63H42N2/c1-5-19-47(20-6-1)60-42-61(65-62(64-60)49-21-7-2-8-22-49)48-38-34-44(35-39-48)43-32-36-46(37-33-43)55-41-59-57(40-56(55)53-30-17-23-45-18-13-14-28-52(45)53)54-29-15-16-31-58(54)63(59,50-24-9-3-10-25-50)51-26-11-4-12-27-51/h1-42H. The molecule has 12 rings (SSSR count). The number of fused-ring (bicyclic) bond motifs is 4. The Morgan fingerprint density at radius 3 is 1.38 bits per heavy atom. The van der Waals surface area contributed by atoms with E-state index >= 15 is 0 Å². The van der Waals surface area contributed by atoms with E-state index in [4.69, 9.17) is 9.97 Å². The Bertz CT molecular complexity index is 3390. The molecule has 1 aliphatic rings. The van der Waals surface area contributed by atoms with E-state index in [9.17, 15) is 0 Å². The minimum Gasteiger partial charge on any atom is -0.228 e. The van der Waals surface area contributed by atoms with Crippen LogP contribution in [0.3, 0.4) is 0 Å². The van der Waals surface area contributed by atoms with Gasteiger partial charge in [-0.2, -0.15) is 0 Å². The van der Waals surface area contributed by atoms with Gasteiger partial charge in [-0.3, -0.25) is 0 Å². The molecule has 0 bridgehead atoms. The van der Waals surface area contributed by atoms with E-state index in [1.807, 2.05) is 24.3 Å². The lowest BCUT2D eigenvalue weighted by atomic mass is 9.67. The van der Waals surface area contributed by atoms with Crippen molar-refractivity contribution < 1.29 is 0 Å². The highest BCUT2D eigenvalue weighted by molar-refractivity contribution is 6.03. The van der Waals surface area contributed by atoms with Crippen LogP contribution >= 0.6 is 0 Å². The van der Waals surface area contributed by atoms with Crippen LogP contribution in [0.1, 0.15) is 22.3 Å². The first-order valence-electron chi connectivity index (χ1n) is 22.3. The van der Waals surface area contributed by atoms with Crippen LogP contribution in [0, 0.1) is 0 Å². The van der Waals surface area contributed by atoms with Gasteiger partial charge in [-0.1, -0.05) is 237 Å². The molecule has 0 atom stereocenters. The van der Waals surface area contributed by atoms with Gasteiger partial charge in [0.1, 0.15) is 0 Å². The SMILES string of the molecule is c1ccc(-c2cc(-c3ccc(-c4ccc(-c5cc6c(cc5-c5cccc7ccccc57)-c5ccccc5C6(c5ccccc5)c5ccccc5)cc4)cc3)nc(-c3ccccc3)n2)cc1. The van der Waals surface area contributed by atoms with E-state index in [1.54, 1.807) is 0 Å². The Morgan fingerprint density at radius 1 is 0.262 bits per heavy atom. The highest BCUT2D eigenvalue weighted by Gasteiger charge is 2.46. The molecule has 0 amide bonds. The number of hydrogen-bond acceptors (Lipinski definition) is 2. The fourth-order valence-corrected chi connectivity index (χ4v) is 10.2. The van der Waals surface area contributed by atoms with Gasteiger partial charge >= 0.3 is 0 Å². The molecule has 0 N–H and O–H groups in total. The van der Waals surface area contributed by atoms with Crippen LogP contribution in [0.25, 0.3) is 89.2 Å². The molecule has 0 unspecified atom stereocenters. The van der Waals surface area contributed by atoms with Crippen molar-refractivity contribution in [3.63, 3.8) is 0 Å². The first-order valence-corrected chi connectivity index (χ1v) is 22.3. The molecule has 1 aliphatic carbocycles. The number of nitrogens with zero attached hydrogens (tertiary/aromatic N) is 2. The zero-order valence-electron chi connectivity index (χ0n) is 35.6. The predicted molar refractivity (Wildman–Crippen MR) is 269 cm³/mol. The normalized spacial score (nSPS) is 12.4. The molecule has 2 heteroatoms. The lowest BCUT2D eigenvalue weighted by molar-refractivity contribution is 0.769. The highest BCUT2D eigenvalue weighted by Crippen LogP contribution is 2.58. The molecular weight excluding hydrogens is 785 g/mol. The summed E-state index contributed by atoms with van der Waals surface area (Å²) in [5.41, 5.74) is 19.2. The quantitative estimate of drug-likeness (QED) is 0.152. The Labute approximate surface area is 379 Å². The van der Waals surface area contributed by atoms with Gasteiger partial charge in [0.25, 0.3) is 0 Å². The van der Waals surface area contributed by atoms with Gasteiger partial charge in [0.15, 0.2) is 5.82 Å². The van der Waals surface area contributed by atoms with Crippen molar-refractivity contribution in [2.75, 3.05) is 0 Å². The average Bonchev–Trinajstić information content (AvgIpc) is 3.69. The number of hydrogen-bond donors (Lipinski definition) is 0. The van der Waals surface area contributed by atoms with Crippen LogP contribution in [-0.2, 0) is 5.41 Å². The minimum absolute atomic E-state index is 0.504. The molecule has 0 saturated heterocycles. The number of benzene rings is 10. The van der Waals surface area contributed by atoms with E-state index < -0.39 is 5.41 Å². The Kier molecular flexibility index (Phi) is 9.43. The first-order chi connectivity index (χ1) is 32.2. The Hall–Kier alpha value is -8.46. The fourth-order valence-electron chi connectivity index (χ4n) is 10.2. The molecule has 0 saturated carbocycles. The van der Waals surface area contributed by atoms with E-state index in [2.05, 4.69) is 231 Å². The second kappa shape index (κ2) is 16.0. The molecule has 1 aromatic heterocycles. The van der Waals surface area contributed by atoms with Crippen molar-refractivity contribution in [2.24, 2.45) is 0 Å². The topological polar surface area (TPSA) is 25.8 Å². The minimum atomic E-state index is -0.504. The third-order valence-electron chi connectivity index (χ3n) is 13.2. The lowest BCUT2D eigenvalue weighted by Gasteiger charge is -2.34. The smallest absolute Gasteiger partial charge is 0.160 e. The van der Waals surface area contributed by atoms with Gasteiger partial charge in [-0.05, 0) is 95.7 Å². The first kappa shape index (κ1) is 38.2. The van der Waals surface area contributed by atoms with Crippen LogP contribution in [0.4, 0.5) is 0 Å². The third-order valence-corrected chi connectivity index (χ3v) is 13.2. The van der Waals surface area contributed by atoms with Gasteiger partial charge in [0.05, 0.1) is 16.8 Å². The molecule has 0 spiro atoms. The third kappa shape index (κ3) is 6.58. The summed E-state index contributed by atoms with van der Waals surface area (Å²) < 4.78 is 0. The highest BCUT2D eigenvalue weighted by atomic mass is 14.9. The van der Waals surface area contributed by atoms with Crippen LogP contribution in [-0.4, -0.2) is 9.97 Å². The van der Waals surface area contributed by atoms with E-state index in [0.717, 1.165) is 39.2 Å².